The highest BCUT2D eigenvalue weighted by molar-refractivity contribution is 7.51. The minimum Gasteiger partial charge on any atom is -0.395 e. The Hall–Kier alpha value is 0.0300. The maximum absolute atomic E-state index is 10.4. The van der Waals surface area contributed by atoms with Crippen LogP contribution in [0.15, 0.2) is 0 Å². The first-order valence-corrected chi connectivity index (χ1v) is 5.29. The van der Waals surface area contributed by atoms with Crippen molar-refractivity contribution in [3.8, 4) is 0 Å². The molecular formula is C5H14NO5P. The predicted octanol–water partition coefficient (Wildman–Crippen LogP) is -1.89. The summed E-state index contributed by atoms with van der Waals surface area (Å²) in [5.41, 5.74) is 0. The second-order valence-corrected chi connectivity index (χ2v) is 4.10. The van der Waals surface area contributed by atoms with Gasteiger partial charge in [0, 0.05) is 12.6 Å². The Morgan fingerprint density at radius 1 is 1.33 bits per heavy atom. The predicted molar refractivity (Wildman–Crippen MR) is 42.9 cm³/mol. The van der Waals surface area contributed by atoms with Crippen molar-refractivity contribution < 1.29 is 24.6 Å². The van der Waals surface area contributed by atoms with Gasteiger partial charge in [0.2, 0.25) is 0 Å². The first kappa shape index (κ1) is 12.0. The lowest BCUT2D eigenvalue weighted by molar-refractivity contribution is 0.229. The van der Waals surface area contributed by atoms with Crippen LogP contribution >= 0.6 is 7.60 Å². The van der Waals surface area contributed by atoms with Gasteiger partial charge in [0.05, 0.1) is 19.4 Å². The lowest BCUT2D eigenvalue weighted by Gasteiger charge is -2.15. The molecule has 0 aliphatic carbocycles. The van der Waals surface area contributed by atoms with E-state index in [0.717, 1.165) is 0 Å². The smallest absolute Gasteiger partial charge is 0.327 e. The first-order valence-electron chi connectivity index (χ1n) is 3.49. The summed E-state index contributed by atoms with van der Waals surface area (Å²) in [5.74, 6) is 0. The fraction of sp³-hybridized carbons (Fsp3) is 1.00. The second-order valence-electron chi connectivity index (χ2n) is 2.40. The second kappa shape index (κ2) is 5.64. The van der Waals surface area contributed by atoms with Crippen molar-refractivity contribution in [3.63, 3.8) is 0 Å². The van der Waals surface area contributed by atoms with E-state index in [2.05, 4.69) is 5.32 Å². The molecule has 74 valence electrons. The van der Waals surface area contributed by atoms with Gasteiger partial charge in [0.15, 0.2) is 0 Å². The van der Waals surface area contributed by atoms with Gasteiger partial charge >= 0.3 is 7.60 Å². The van der Waals surface area contributed by atoms with E-state index in [0.29, 0.717) is 0 Å². The molecule has 5 N–H and O–H groups in total. The van der Waals surface area contributed by atoms with Crippen molar-refractivity contribution in [2.24, 2.45) is 0 Å². The third-order valence-corrected chi connectivity index (χ3v) is 2.14. The topological polar surface area (TPSA) is 110 Å². The van der Waals surface area contributed by atoms with E-state index in [-0.39, 0.29) is 19.8 Å². The zero-order valence-corrected chi connectivity index (χ0v) is 7.44. The average molecular weight is 199 g/mol. The van der Waals surface area contributed by atoms with Crippen molar-refractivity contribution in [1.29, 1.82) is 0 Å². The number of hydrogen-bond acceptors (Lipinski definition) is 4. The van der Waals surface area contributed by atoms with E-state index in [4.69, 9.17) is 20.0 Å². The molecule has 0 amide bonds. The molecule has 0 aromatic rings. The summed E-state index contributed by atoms with van der Waals surface area (Å²) in [6, 6.07) is -0.655. The molecular weight excluding hydrogens is 185 g/mol. The van der Waals surface area contributed by atoms with Crippen LogP contribution in [0.3, 0.4) is 0 Å². The summed E-state index contributed by atoms with van der Waals surface area (Å²) < 4.78 is 10.4. The molecule has 0 aliphatic heterocycles. The number of aliphatic hydroxyl groups is 2. The molecule has 0 aromatic carbocycles. The normalized spacial score (nSPS) is 14.7. The van der Waals surface area contributed by atoms with E-state index in [1.807, 2.05) is 0 Å². The van der Waals surface area contributed by atoms with Crippen LogP contribution in [-0.4, -0.2) is 52.0 Å². The lowest BCUT2D eigenvalue weighted by Crippen LogP contribution is -2.37. The maximum Gasteiger partial charge on any atom is 0.327 e. The molecule has 6 nitrogen and oxygen atoms in total. The number of rotatable bonds is 6. The molecule has 0 saturated heterocycles. The van der Waals surface area contributed by atoms with Gasteiger partial charge < -0.3 is 25.3 Å². The zero-order chi connectivity index (χ0) is 9.61. The van der Waals surface area contributed by atoms with Gasteiger partial charge in [-0.05, 0) is 0 Å². The lowest BCUT2D eigenvalue weighted by atomic mass is 10.3. The Labute approximate surface area is 70.4 Å². The maximum atomic E-state index is 10.4. The molecule has 0 fully saturated rings. The number of nitrogens with one attached hydrogen (secondary N) is 1. The number of aliphatic hydroxyl groups excluding tert-OH is 2. The van der Waals surface area contributed by atoms with Gasteiger partial charge in [-0.2, -0.15) is 0 Å². The molecule has 7 heteroatoms. The van der Waals surface area contributed by atoms with Crippen molar-refractivity contribution in [2.45, 2.75) is 6.04 Å². The summed E-state index contributed by atoms with van der Waals surface area (Å²) in [4.78, 5) is 17.0. The summed E-state index contributed by atoms with van der Waals surface area (Å²) in [7, 11) is -4.08. The van der Waals surface area contributed by atoms with Gasteiger partial charge in [-0.3, -0.25) is 4.57 Å². The number of hydrogen-bond donors (Lipinski definition) is 5. The SMILES string of the molecule is O=P(O)(O)CC(CO)NCCO. The van der Waals surface area contributed by atoms with Crippen molar-refractivity contribution in [2.75, 3.05) is 25.9 Å². The Balaban J connectivity index is 3.75. The molecule has 0 bridgehead atoms. The summed E-state index contributed by atoms with van der Waals surface area (Å²) in [5, 5.41) is 19.6. The highest BCUT2D eigenvalue weighted by atomic mass is 31.2. The molecule has 12 heavy (non-hydrogen) atoms. The standard InChI is InChI=1S/C5H14NO5P/c7-2-1-6-5(3-8)4-12(9,10)11/h5-8H,1-4H2,(H2,9,10,11). The highest BCUT2D eigenvalue weighted by Crippen LogP contribution is 2.34. The van der Waals surface area contributed by atoms with Crippen LogP contribution in [-0.2, 0) is 4.57 Å². The van der Waals surface area contributed by atoms with Gasteiger partial charge in [-0.1, -0.05) is 0 Å². The molecule has 0 saturated carbocycles. The molecule has 0 aromatic heterocycles. The van der Waals surface area contributed by atoms with Crippen LogP contribution in [0.1, 0.15) is 0 Å². The molecule has 0 aliphatic rings. The van der Waals surface area contributed by atoms with Crippen molar-refractivity contribution in [3.05, 3.63) is 0 Å². The van der Waals surface area contributed by atoms with E-state index in [1.54, 1.807) is 0 Å². The van der Waals surface area contributed by atoms with E-state index < -0.39 is 19.8 Å². The third-order valence-electron chi connectivity index (χ3n) is 1.22. The van der Waals surface area contributed by atoms with Crippen molar-refractivity contribution in [1.82, 2.24) is 5.32 Å². The molecule has 0 rings (SSSR count). The summed E-state index contributed by atoms with van der Waals surface area (Å²) >= 11 is 0. The Morgan fingerprint density at radius 3 is 2.25 bits per heavy atom. The Morgan fingerprint density at radius 2 is 1.92 bits per heavy atom. The van der Waals surface area contributed by atoms with Crippen LogP contribution in [0.4, 0.5) is 0 Å². The van der Waals surface area contributed by atoms with Crippen LogP contribution < -0.4 is 5.32 Å². The van der Waals surface area contributed by atoms with Crippen LogP contribution in [0.25, 0.3) is 0 Å². The fourth-order valence-electron chi connectivity index (χ4n) is 0.743. The minimum absolute atomic E-state index is 0.127. The highest BCUT2D eigenvalue weighted by Gasteiger charge is 2.19. The third kappa shape index (κ3) is 6.72. The molecule has 1 atom stereocenters. The first-order chi connectivity index (χ1) is 5.49. The average Bonchev–Trinajstić information content (AvgIpc) is 1.95. The van der Waals surface area contributed by atoms with Crippen molar-refractivity contribution >= 4 is 7.60 Å². The summed E-state index contributed by atoms with van der Waals surface area (Å²) in [6.45, 7) is -0.270. The van der Waals surface area contributed by atoms with Gasteiger partial charge in [0.25, 0.3) is 0 Å². The minimum atomic E-state index is -4.08. The van der Waals surface area contributed by atoms with E-state index >= 15 is 0 Å². The quantitative estimate of drug-likeness (QED) is 0.320. The van der Waals surface area contributed by atoms with E-state index in [1.165, 1.54) is 0 Å². The molecule has 0 radical (unpaired) electrons. The molecule has 0 heterocycles. The van der Waals surface area contributed by atoms with Gasteiger partial charge in [0.1, 0.15) is 0 Å². The Kier molecular flexibility index (Phi) is 5.65. The van der Waals surface area contributed by atoms with Crippen LogP contribution in [0.2, 0.25) is 0 Å². The fourth-order valence-corrected chi connectivity index (χ4v) is 1.56. The van der Waals surface area contributed by atoms with Crippen LogP contribution in [0.5, 0.6) is 0 Å². The molecule has 1 unspecified atom stereocenters. The van der Waals surface area contributed by atoms with E-state index in [9.17, 15) is 4.57 Å². The monoisotopic (exact) mass is 199 g/mol. The summed E-state index contributed by atoms with van der Waals surface area (Å²) in [6.07, 6.45) is -0.413. The molecule has 0 spiro atoms. The zero-order valence-electron chi connectivity index (χ0n) is 6.55. The van der Waals surface area contributed by atoms with Gasteiger partial charge in [-0.25, -0.2) is 0 Å². The van der Waals surface area contributed by atoms with Gasteiger partial charge in [-0.15, -0.1) is 0 Å². The van der Waals surface area contributed by atoms with Crippen LogP contribution in [0, 0.1) is 0 Å². The largest absolute Gasteiger partial charge is 0.395 e. The Bertz CT molecular complexity index is 158.